The summed E-state index contributed by atoms with van der Waals surface area (Å²) in [6, 6.07) is 9.28. The highest BCUT2D eigenvalue weighted by atomic mass is 32.2. The van der Waals surface area contributed by atoms with E-state index >= 15 is 0 Å². The first-order valence-electron chi connectivity index (χ1n) is 8.02. The van der Waals surface area contributed by atoms with E-state index in [4.69, 9.17) is 5.84 Å². The van der Waals surface area contributed by atoms with Gasteiger partial charge in [-0.25, -0.2) is 0 Å². The first-order chi connectivity index (χ1) is 9.81. The molecule has 0 aromatic heterocycles. The molecule has 1 saturated carbocycles. The molecule has 1 fully saturated rings. The van der Waals surface area contributed by atoms with Crippen molar-refractivity contribution in [1.82, 2.24) is 5.43 Å². The van der Waals surface area contributed by atoms with Gasteiger partial charge in [-0.05, 0) is 42.7 Å². The standard InChI is InChI=1S/C17H26N2S/c1-2-12-7-9-13(10-8-12)17(19-18)16-11-14-5-3-4-6-15(14)20-16/h3-6,12-13,16-17,19H,2,7-11,18H2,1H3. The lowest BCUT2D eigenvalue weighted by Crippen LogP contribution is -2.48. The third-order valence-corrected chi connectivity index (χ3v) is 6.66. The molecule has 110 valence electrons. The first-order valence-corrected chi connectivity index (χ1v) is 8.90. The topological polar surface area (TPSA) is 38.0 Å². The van der Waals surface area contributed by atoms with Crippen molar-refractivity contribution in [2.75, 3.05) is 0 Å². The van der Waals surface area contributed by atoms with Gasteiger partial charge in [-0.3, -0.25) is 11.3 Å². The van der Waals surface area contributed by atoms with E-state index in [0.717, 1.165) is 11.8 Å². The Hall–Kier alpha value is -0.510. The van der Waals surface area contributed by atoms with Crippen LogP contribution in [0.3, 0.4) is 0 Å². The fourth-order valence-electron chi connectivity index (χ4n) is 3.91. The van der Waals surface area contributed by atoms with E-state index in [-0.39, 0.29) is 0 Å². The molecule has 1 aromatic carbocycles. The molecule has 2 aliphatic rings. The minimum Gasteiger partial charge on any atom is -0.271 e. The zero-order valence-corrected chi connectivity index (χ0v) is 13.2. The van der Waals surface area contributed by atoms with Gasteiger partial charge in [-0.2, -0.15) is 0 Å². The molecule has 0 amide bonds. The highest BCUT2D eigenvalue weighted by molar-refractivity contribution is 8.00. The summed E-state index contributed by atoms with van der Waals surface area (Å²) < 4.78 is 0. The SMILES string of the molecule is CCC1CCC(C(NN)C2Cc3ccccc3S2)CC1. The number of hydrazine groups is 1. The largest absolute Gasteiger partial charge is 0.271 e. The van der Waals surface area contributed by atoms with Gasteiger partial charge in [-0.15, -0.1) is 11.8 Å². The number of nitrogens with one attached hydrogen (secondary N) is 1. The Bertz CT molecular complexity index is 415. The maximum atomic E-state index is 5.92. The number of thioether (sulfide) groups is 1. The number of benzene rings is 1. The molecule has 3 heteroatoms. The molecule has 2 atom stereocenters. The molecule has 1 aliphatic carbocycles. The molecular weight excluding hydrogens is 264 g/mol. The molecular formula is C17H26N2S. The Labute approximate surface area is 126 Å². The predicted molar refractivity (Wildman–Crippen MR) is 86.6 cm³/mol. The van der Waals surface area contributed by atoms with Gasteiger partial charge in [0.1, 0.15) is 0 Å². The summed E-state index contributed by atoms with van der Waals surface area (Å²) in [5.74, 6) is 7.64. The van der Waals surface area contributed by atoms with Crippen molar-refractivity contribution >= 4 is 11.8 Å². The van der Waals surface area contributed by atoms with Gasteiger partial charge < -0.3 is 0 Å². The summed E-state index contributed by atoms with van der Waals surface area (Å²) in [5.41, 5.74) is 4.67. The van der Waals surface area contributed by atoms with E-state index in [1.165, 1.54) is 49.0 Å². The summed E-state index contributed by atoms with van der Waals surface area (Å²) in [7, 11) is 0. The van der Waals surface area contributed by atoms with Gasteiger partial charge in [0.2, 0.25) is 0 Å². The number of hydrogen-bond acceptors (Lipinski definition) is 3. The first kappa shape index (κ1) is 14.4. The molecule has 20 heavy (non-hydrogen) atoms. The average Bonchev–Trinajstić information content (AvgIpc) is 2.92. The van der Waals surface area contributed by atoms with Crippen molar-refractivity contribution in [3.05, 3.63) is 29.8 Å². The second kappa shape index (κ2) is 6.50. The quantitative estimate of drug-likeness (QED) is 0.655. The van der Waals surface area contributed by atoms with E-state index in [0.29, 0.717) is 11.3 Å². The van der Waals surface area contributed by atoms with E-state index < -0.39 is 0 Å². The van der Waals surface area contributed by atoms with Crippen LogP contribution in [0.4, 0.5) is 0 Å². The third-order valence-electron chi connectivity index (χ3n) is 5.24. The Kier molecular flexibility index (Phi) is 4.69. The normalized spacial score (nSPS) is 31.0. The maximum absolute atomic E-state index is 5.92. The van der Waals surface area contributed by atoms with Crippen LogP contribution in [0.5, 0.6) is 0 Å². The maximum Gasteiger partial charge on any atom is 0.0364 e. The van der Waals surface area contributed by atoms with E-state index in [1.807, 2.05) is 11.8 Å². The smallest absolute Gasteiger partial charge is 0.0364 e. The summed E-state index contributed by atoms with van der Waals surface area (Å²) in [6.07, 6.45) is 8.00. The fraction of sp³-hybridized carbons (Fsp3) is 0.647. The van der Waals surface area contributed by atoms with Crippen molar-refractivity contribution in [2.24, 2.45) is 17.7 Å². The Morgan fingerprint density at radius 1 is 1.25 bits per heavy atom. The summed E-state index contributed by atoms with van der Waals surface area (Å²) in [4.78, 5) is 1.46. The fourth-order valence-corrected chi connectivity index (χ4v) is 5.41. The molecule has 3 N–H and O–H groups in total. The minimum absolute atomic E-state index is 0.463. The van der Waals surface area contributed by atoms with E-state index in [2.05, 4.69) is 36.6 Å². The van der Waals surface area contributed by atoms with Gasteiger partial charge >= 0.3 is 0 Å². The molecule has 1 heterocycles. The summed E-state index contributed by atoms with van der Waals surface area (Å²) in [5, 5.41) is 0.612. The molecule has 0 saturated heterocycles. The summed E-state index contributed by atoms with van der Waals surface area (Å²) in [6.45, 7) is 2.33. The van der Waals surface area contributed by atoms with Crippen LogP contribution in [0.1, 0.15) is 44.6 Å². The van der Waals surface area contributed by atoms with Crippen LogP contribution < -0.4 is 11.3 Å². The van der Waals surface area contributed by atoms with Crippen molar-refractivity contribution in [1.29, 1.82) is 0 Å². The lowest BCUT2D eigenvalue weighted by atomic mass is 9.76. The molecule has 0 radical (unpaired) electrons. The van der Waals surface area contributed by atoms with Crippen molar-refractivity contribution in [3.63, 3.8) is 0 Å². The van der Waals surface area contributed by atoms with Gasteiger partial charge in [0.15, 0.2) is 0 Å². The number of nitrogens with two attached hydrogens (primary N) is 1. The Morgan fingerprint density at radius 3 is 2.65 bits per heavy atom. The van der Waals surface area contributed by atoms with Crippen LogP contribution >= 0.6 is 11.8 Å². The van der Waals surface area contributed by atoms with E-state index in [1.54, 1.807) is 0 Å². The number of fused-ring (bicyclic) bond motifs is 1. The molecule has 1 aromatic rings. The molecule has 2 unspecified atom stereocenters. The minimum atomic E-state index is 0.463. The van der Waals surface area contributed by atoms with Crippen molar-refractivity contribution in [3.8, 4) is 0 Å². The van der Waals surface area contributed by atoms with Gasteiger partial charge in [0.25, 0.3) is 0 Å². The zero-order valence-electron chi connectivity index (χ0n) is 12.3. The molecule has 0 spiro atoms. The summed E-state index contributed by atoms with van der Waals surface area (Å²) >= 11 is 2.03. The molecule has 2 nitrogen and oxygen atoms in total. The highest BCUT2D eigenvalue weighted by Crippen LogP contribution is 2.42. The number of rotatable bonds is 4. The third kappa shape index (κ3) is 2.90. The lowest BCUT2D eigenvalue weighted by Gasteiger charge is -2.35. The van der Waals surface area contributed by atoms with Crippen LogP contribution in [0.25, 0.3) is 0 Å². The highest BCUT2D eigenvalue weighted by Gasteiger charge is 2.35. The van der Waals surface area contributed by atoms with Crippen LogP contribution in [-0.4, -0.2) is 11.3 Å². The second-order valence-corrected chi connectivity index (χ2v) is 7.63. The molecule has 0 bridgehead atoms. The average molecular weight is 290 g/mol. The zero-order chi connectivity index (χ0) is 13.9. The monoisotopic (exact) mass is 290 g/mol. The van der Waals surface area contributed by atoms with Crippen LogP contribution in [0, 0.1) is 11.8 Å². The van der Waals surface area contributed by atoms with Crippen LogP contribution in [0.2, 0.25) is 0 Å². The predicted octanol–water partition coefficient (Wildman–Crippen LogP) is 3.75. The van der Waals surface area contributed by atoms with Gasteiger partial charge in [-0.1, -0.05) is 44.4 Å². The molecule has 1 aliphatic heterocycles. The van der Waals surface area contributed by atoms with Gasteiger partial charge in [0.05, 0.1) is 0 Å². The Balaban J connectivity index is 1.64. The lowest BCUT2D eigenvalue weighted by molar-refractivity contribution is 0.215. The number of hydrogen-bond donors (Lipinski definition) is 2. The molecule has 3 rings (SSSR count). The second-order valence-electron chi connectivity index (χ2n) is 6.35. The van der Waals surface area contributed by atoms with Crippen molar-refractivity contribution in [2.45, 2.75) is 61.6 Å². The van der Waals surface area contributed by atoms with Gasteiger partial charge in [0, 0.05) is 16.2 Å². The van der Waals surface area contributed by atoms with Crippen LogP contribution in [-0.2, 0) is 6.42 Å². The van der Waals surface area contributed by atoms with E-state index in [9.17, 15) is 0 Å². The van der Waals surface area contributed by atoms with Crippen molar-refractivity contribution < 1.29 is 0 Å². The Morgan fingerprint density at radius 2 is 2.00 bits per heavy atom. The van der Waals surface area contributed by atoms with Crippen LogP contribution in [0.15, 0.2) is 29.2 Å².